The molecule has 1 fully saturated rings. The minimum atomic E-state index is -0.504. The summed E-state index contributed by atoms with van der Waals surface area (Å²) >= 11 is 0. The van der Waals surface area contributed by atoms with Gasteiger partial charge in [-0.2, -0.15) is 0 Å². The number of pyridine rings is 1. The maximum absolute atomic E-state index is 12.1. The highest BCUT2D eigenvalue weighted by molar-refractivity contribution is 5.85. The summed E-state index contributed by atoms with van der Waals surface area (Å²) in [5, 5.41) is 0. The van der Waals surface area contributed by atoms with Crippen molar-refractivity contribution in [1.82, 2.24) is 9.88 Å². The van der Waals surface area contributed by atoms with Gasteiger partial charge in [0.1, 0.15) is 11.4 Å². The number of nitrogens with zero attached hydrogens (tertiary/aromatic N) is 3. The molecule has 2 rings (SSSR count). The molecule has 1 aromatic heterocycles. The minimum absolute atomic E-state index is 0.383. The molecule has 1 unspecified atom stereocenters. The van der Waals surface area contributed by atoms with Crippen molar-refractivity contribution in [1.29, 1.82) is 0 Å². The molecule has 0 bridgehead atoms. The maximum Gasteiger partial charge on any atom is 0.415 e. The van der Waals surface area contributed by atoms with Gasteiger partial charge >= 0.3 is 6.09 Å². The van der Waals surface area contributed by atoms with Crippen LogP contribution in [-0.2, 0) is 4.74 Å². The van der Waals surface area contributed by atoms with E-state index in [0.29, 0.717) is 11.9 Å². The molecule has 1 aliphatic heterocycles. The quantitative estimate of drug-likeness (QED) is 0.841. The van der Waals surface area contributed by atoms with Gasteiger partial charge in [-0.05, 0) is 64.8 Å². The second kappa shape index (κ2) is 7.30. The Balaban J connectivity index is 2.05. The Kier molecular flexibility index (Phi) is 5.63. The van der Waals surface area contributed by atoms with Crippen LogP contribution in [0, 0.1) is 0 Å². The van der Waals surface area contributed by atoms with Crippen LogP contribution in [0.15, 0.2) is 18.3 Å². The van der Waals surface area contributed by atoms with Gasteiger partial charge in [0.15, 0.2) is 0 Å². The molecule has 0 saturated carbocycles. The van der Waals surface area contributed by atoms with Gasteiger partial charge in [0.25, 0.3) is 0 Å². The molecular formula is C18H29N3O2. The van der Waals surface area contributed by atoms with Crippen LogP contribution in [-0.4, -0.2) is 41.7 Å². The first-order valence-corrected chi connectivity index (χ1v) is 8.48. The van der Waals surface area contributed by atoms with E-state index < -0.39 is 5.60 Å². The van der Waals surface area contributed by atoms with E-state index in [1.165, 1.54) is 29.7 Å². The molecular weight excluding hydrogens is 290 g/mol. The van der Waals surface area contributed by atoms with Gasteiger partial charge in [-0.25, -0.2) is 9.78 Å². The van der Waals surface area contributed by atoms with Crippen LogP contribution in [0.4, 0.5) is 10.6 Å². The van der Waals surface area contributed by atoms with Crippen LogP contribution in [0.1, 0.15) is 58.6 Å². The summed E-state index contributed by atoms with van der Waals surface area (Å²) in [5.41, 5.74) is 0.729. The third kappa shape index (κ3) is 4.67. The van der Waals surface area contributed by atoms with Crippen molar-refractivity contribution in [2.75, 3.05) is 25.0 Å². The topological polar surface area (TPSA) is 45.7 Å². The Morgan fingerprint density at radius 2 is 2.17 bits per heavy atom. The van der Waals surface area contributed by atoms with Crippen LogP contribution in [0.25, 0.3) is 0 Å². The van der Waals surface area contributed by atoms with E-state index in [4.69, 9.17) is 4.74 Å². The van der Waals surface area contributed by atoms with Crippen molar-refractivity contribution in [2.24, 2.45) is 0 Å². The highest BCUT2D eigenvalue weighted by atomic mass is 16.6. The summed E-state index contributed by atoms with van der Waals surface area (Å²) in [5.74, 6) is 0.614. The van der Waals surface area contributed by atoms with Crippen molar-refractivity contribution in [3.8, 4) is 0 Å². The summed E-state index contributed by atoms with van der Waals surface area (Å²) in [4.78, 5) is 20.5. The Labute approximate surface area is 139 Å². The zero-order valence-electron chi connectivity index (χ0n) is 15.0. The van der Waals surface area contributed by atoms with Gasteiger partial charge in [0, 0.05) is 19.3 Å². The number of likely N-dealkylation sites (tertiary alicyclic amines) is 1. The van der Waals surface area contributed by atoms with Crippen LogP contribution < -0.4 is 4.90 Å². The number of aromatic nitrogens is 1. The molecule has 0 radical (unpaired) electrons. The second-order valence-corrected chi connectivity index (χ2v) is 7.18. The third-order valence-corrected chi connectivity index (χ3v) is 4.04. The smallest absolute Gasteiger partial charge is 0.415 e. The molecule has 1 amide bonds. The van der Waals surface area contributed by atoms with Gasteiger partial charge in [0.2, 0.25) is 0 Å². The largest absolute Gasteiger partial charge is 0.443 e. The van der Waals surface area contributed by atoms with E-state index in [9.17, 15) is 4.79 Å². The first-order chi connectivity index (χ1) is 10.8. The Bertz CT molecular complexity index is 522. The van der Waals surface area contributed by atoms with E-state index in [1.54, 1.807) is 7.05 Å². The van der Waals surface area contributed by atoms with Crippen molar-refractivity contribution in [3.63, 3.8) is 0 Å². The fourth-order valence-electron chi connectivity index (χ4n) is 2.98. The third-order valence-electron chi connectivity index (χ3n) is 4.04. The molecule has 128 valence electrons. The predicted molar refractivity (Wildman–Crippen MR) is 92.7 cm³/mol. The lowest BCUT2D eigenvalue weighted by molar-refractivity contribution is 0.0588. The number of anilines is 1. The molecule has 0 spiro atoms. The number of ether oxygens (including phenoxy) is 1. The molecule has 1 atom stereocenters. The lowest BCUT2D eigenvalue weighted by Gasteiger charge is -2.25. The monoisotopic (exact) mass is 319 g/mol. The molecule has 1 saturated heterocycles. The maximum atomic E-state index is 12.1. The van der Waals surface area contributed by atoms with E-state index in [-0.39, 0.29) is 6.09 Å². The minimum Gasteiger partial charge on any atom is -0.443 e. The van der Waals surface area contributed by atoms with Crippen molar-refractivity contribution in [3.05, 3.63) is 23.9 Å². The number of amides is 1. The molecule has 0 N–H and O–H groups in total. The van der Waals surface area contributed by atoms with Crippen LogP contribution in [0.2, 0.25) is 0 Å². The molecule has 23 heavy (non-hydrogen) atoms. The normalized spacial score (nSPS) is 18.9. The lowest BCUT2D eigenvalue weighted by Crippen LogP contribution is -2.34. The van der Waals surface area contributed by atoms with Gasteiger partial charge in [-0.15, -0.1) is 0 Å². The summed E-state index contributed by atoms with van der Waals surface area (Å²) in [6.07, 6.45) is 5.11. The number of carbonyl (C=O) groups is 1. The summed E-state index contributed by atoms with van der Waals surface area (Å²) in [6.45, 7) is 10.1. The second-order valence-electron chi connectivity index (χ2n) is 7.18. The average Bonchev–Trinajstić information content (AvgIpc) is 2.93. The fraction of sp³-hybridized carbons (Fsp3) is 0.667. The van der Waals surface area contributed by atoms with Gasteiger partial charge in [-0.3, -0.25) is 9.80 Å². The fourth-order valence-corrected chi connectivity index (χ4v) is 2.98. The average molecular weight is 319 g/mol. The number of carbonyl (C=O) groups excluding carboxylic acids is 1. The summed E-state index contributed by atoms with van der Waals surface area (Å²) in [7, 11) is 1.69. The van der Waals surface area contributed by atoms with Gasteiger partial charge in [0.05, 0.1) is 0 Å². The van der Waals surface area contributed by atoms with Crippen molar-refractivity contribution < 1.29 is 9.53 Å². The van der Waals surface area contributed by atoms with Gasteiger partial charge in [-0.1, -0.05) is 13.0 Å². The molecule has 1 aromatic rings. The van der Waals surface area contributed by atoms with E-state index in [2.05, 4.69) is 22.9 Å². The zero-order valence-corrected chi connectivity index (χ0v) is 15.0. The highest BCUT2D eigenvalue weighted by Crippen LogP contribution is 2.32. The molecule has 1 aliphatic rings. The SMILES string of the molecule is CCCN1CCCC1c1ccc(N(C)C(=O)OC(C)(C)C)nc1. The zero-order chi connectivity index (χ0) is 17.0. The molecule has 2 heterocycles. The van der Waals surface area contributed by atoms with Crippen LogP contribution >= 0.6 is 0 Å². The Morgan fingerprint density at radius 1 is 1.43 bits per heavy atom. The number of hydrogen-bond acceptors (Lipinski definition) is 4. The van der Waals surface area contributed by atoms with Crippen LogP contribution in [0.3, 0.4) is 0 Å². The van der Waals surface area contributed by atoms with E-state index in [0.717, 1.165) is 13.1 Å². The summed E-state index contributed by atoms with van der Waals surface area (Å²) in [6, 6.07) is 4.45. The Morgan fingerprint density at radius 3 is 2.74 bits per heavy atom. The molecule has 0 aromatic carbocycles. The highest BCUT2D eigenvalue weighted by Gasteiger charge is 2.26. The molecule has 0 aliphatic carbocycles. The van der Waals surface area contributed by atoms with E-state index >= 15 is 0 Å². The molecule has 5 heteroatoms. The van der Waals surface area contributed by atoms with Crippen molar-refractivity contribution in [2.45, 2.75) is 58.6 Å². The first-order valence-electron chi connectivity index (χ1n) is 8.48. The summed E-state index contributed by atoms with van der Waals surface area (Å²) < 4.78 is 5.37. The number of hydrogen-bond donors (Lipinski definition) is 0. The number of rotatable bonds is 4. The first kappa shape index (κ1) is 17.7. The predicted octanol–water partition coefficient (Wildman–Crippen LogP) is 4.00. The standard InChI is InChI=1S/C18H29N3O2/c1-6-11-21-12-7-8-15(21)14-9-10-16(19-13-14)20(5)17(22)23-18(2,3)4/h9-10,13,15H,6-8,11-12H2,1-5H3. The van der Waals surface area contributed by atoms with E-state index in [1.807, 2.05) is 33.0 Å². The van der Waals surface area contributed by atoms with Crippen LogP contribution in [0.5, 0.6) is 0 Å². The van der Waals surface area contributed by atoms with Crippen molar-refractivity contribution >= 4 is 11.9 Å². The lowest BCUT2D eigenvalue weighted by atomic mass is 10.1. The van der Waals surface area contributed by atoms with Gasteiger partial charge < -0.3 is 4.74 Å². The molecule has 5 nitrogen and oxygen atoms in total. The Hall–Kier alpha value is -1.62.